The first-order valence-corrected chi connectivity index (χ1v) is 6.81. The molecule has 0 unspecified atom stereocenters. The summed E-state index contributed by atoms with van der Waals surface area (Å²) >= 11 is 7.17. The summed E-state index contributed by atoms with van der Waals surface area (Å²) in [5.41, 5.74) is -0.836. The molecule has 1 aromatic heterocycles. The monoisotopic (exact) mass is 274 g/mol. The van der Waals surface area contributed by atoms with Gasteiger partial charge in [-0.3, -0.25) is 4.79 Å². The van der Waals surface area contributed by atoms with Crippen LogP contribution in [0.3, 0.4) is 0 Å². The number of piperidine rings is 1. The van der Waals surface area contributed by atoms with Crippen molar-refractivity contribution in [3.63, 3.8) is 0 Å². The molecule has 1 aliphatic heterocycles. The number of hydrogen-bond donors (Lipinski definition) is 3. The number of nitrogens with one attached hydrogen (secondary N) is 2. The summed E-state index contributed by atoms with van der Waals surface area (Å²) in [4.78, 5) is 12.3. The van der Waals surface area contributed by atoms with Crippen molar-refractivity contribution in [2.75, 3.05) is 19.6 Å². The van der Waals surface area contributed by atoms with Gasteiger partial charge in [-0.15, -0.1) is 11.3 Å². The molecule has 2 heterocycles. The lowest BCUT2D eigenvalue weighted by atomic mass is 9.94. The first-order valence-electron chi connectivity index (χ1n) is 5.55. The van der Waals surface area contributed by atoms with Gasteiger partial charge in [-0.05, 0) is 30.8 Å². The molecular formula is C11H15ClN2O2S. The number of rotatable bonds is 3. The van der Waals surface area contributed by atoms with E-state index >= 15 is 0 Å². The highest BCUT2D eigenvalue weighted by Crippen LogP contribution is 2.22. The molecule has 1 aliphatic rings. The second-order valence-electron chi connectivity index (χ2n) is 4.29. The van der Waals surface area contributed by atoms with E-state index in [4.69, 9.17) is 11.6 Å². The van der Waals surface area contributed by atoms with E-state index < -0.39 is 5.60 Å². The molecule has 6 heteroatoms. The highest BCUT2D eigenvalue weighted by atomic mass is 35.5. The van der Waals surface area contributed by atoms with Crippen LogP contribution in [0.4, 0.5) is 0 Å². The maximum atomic E-state index is 11.8. The minimum Gasteiger partial charge on any atom is -0.387 e. The summed E-state index contributed by atoms with van der Waals surface area (Å²) in [7, 11) is 0. The molecule has 0 aromatic carbocycles. The lowest BCUT2D eigenvalue weighted by Gasteiger charge is -2.32. The lowest BCUT2D eigenvalue weighted by molar-refractivity contribution is 0.0170. The van der Waals surface area contributed by atoms with Gasteiger partial charge in [0, 0.05) is 13.1 Å². The first kappa shape index (κ1) is 12.8. The average Bonchev–Trinajstić information content (AvgIpc) is 2.74. The molecule has 1 fully saturated rings. The Hall–Kier alpha value is -0.620. The summed E-state index contributed by atoms with van der Waals surface area (Å²) in [5, 5.41) is 18.3. The van der Waals surface area contributed by atoms with E-state index in [9.17, 15) is 9.90 Å². The predicted molar refractivity (Wildman–Crippen MR) is 68.7 cm³/mol. The van der Waals surface area contributed by atoms with Gasteiger partial charge in [0.1, 0.15) is 4.88 Å². The fourth-order valence-corrected chi connectivity index (χ4v) is 2.94. The molecule has 0 bridgehead atoms. The van der Waals surface area contributed by atoms with Crippen LogP contribution in [0.2, 0.25) is 5.02 Å². The van der Waals surface area contributed by atoms with E-state index in [1.54, 1.807) is 11.4 Å². The van der Waals surface area contributed by atoms with Crippen molar-refractivity contribution in [3.8, 4) is 0 Å². The topological polar surface area (TPSA) is 61.4 Å². The van der Waals surface area contributed by atoms with E-state index in [2.05, 4.69) is 10.6 Å². The van der Waals surface area contributed by atoms with Gasteiger partial charge >= 0.3 is 0 Å². The summed E-state index contributed by atoms with van der Waals surface area (Å²) in [5.74, 6) is -0.219. The third kappa shape index (κ3) is 3.19. The van der Waals surface area contributed by atoms with E-state index in [1.807, 2.05) is 0 Å². The molecule has 0 saturated carbocycles. The Kier molecular flexibility index (Phi) is 4.04. The van der Waals surface area contributed by atoms with Crippen LogP contribution in [0.25, 0.3) is 0 Å². The normalized spacial score (nSPS) is 24.6. The van der Waals surface area contributed by atoms with Crippen LogP contribution < -0.4 is 10.6 Å². The molecule has 3 N–H and O–H groups in total. The Bertz CT molecular complexity index is 402. The Morgan fingerprint density at radius 2 is 2.53 bits per heavy atom. The molecule has 1 saturated heterocycles. The largest absolute Gasteiger partial charge is 0.387 e. The molecule has 1 aromatic rings. The highest BCUT2D eigenvalue weighted by molar-refractivity contribution is 7.12. The number of amides is 1. The molecule has 1 atom stereocenters. The highest BCUT2D eigenvalue weighted by Gasteiger charge is 2.29. The van der Waals surface area contributed by atoms with Gasteiger partial charge in [0.05, 0.1) is 10.6 Å². The Balaban J connectivity index is 1.90. The van der Waals surface area contributed by atoms with E-state index in [0.717, 1.165) is 13.0 Å². The number of halogens is 1. The van der Waals surface area contributed by atoms with Gasteiger partial charge in [-0.2, -0.15) is 0 Å². The Labute approximate surface area is 109 Å². The van der Waals surface area contributed by atoms with E-state index in [-0.39, 0.29) is 12.5 Å². The molecule has 4 nitrogen and oxygen atoms in total. The number of aliphatic hydroxyl groups is 1. The summed E-state index contributed by atoms with van der Waals surface area (Å²) in [6, 6.07) is 1.69. The van der Waals surface area contributed by atoms with Crippen molar-refractivity contribution in [1.82, 2.24) is 10.6 Å². The van der Waals surface area contributed by atoms with E-state index in [0.29, 0.717) is 22.9 Å². The molecule has 0 aliphatic carbocycles. The van der Waals surface area contributed by atoms with Crippen molar-refractivity contribution >= 4 is 28.8 Å². The van der Waals surface area contributed by atoms with Gasteiger partial charge in [-0.25, -0.2) is 0 Å². The maximum absolute atomic E-state index is 11.8. The number of hydrogen-bond acceptors (Lipinski definition) is 4. The Morgan fingerprint density at radius 3 is 3.12 bits per heavy atom. The molecule has 17 heavy (non-hydrogen) atoms. The smallest absolute Gasteiger partial charge is 0.262 e. The van der Waals surface area contributed by atoms with Gasteiger partial charge < -0.3 is 15.7 Å². The summed E-state index contributed by atoms with van der Waals surface area (Å²) < 4.78 is 0. The van der Waals surface area contributed by atoms with E-state index in [1.165, 1.54) is 11.3 Å². The molecule has 0 radical (unpaired) electrons. The average molecular weight is 275 g/mol. The maximum Gasteiger partial charge on any atom is 0.262 e. The van der Waals surface area contributed by atoms with Gasteiger partial charge in [-0.1, -0.05) is 11.6 Å². The van der Waals surface area contributed by atoms with Crippen molar-refractivity contribution in [3.05, 3.63) is 21.3 Å². The van der Waals surface area contributed by atoms with Crippen molar-refractivity contribution < 1.29 is 9.90 Å². The quantitative estimate of drug-likeness (QED) is 0.777. The van der Waals surface area contributed by atoms with Crippen molar-refractivity contribution in [1.29, 1.82) is 0 Å². The third-order valence-electron chi connectivity index (χ3n) is 2.85. The SMILES string of the molecule is O=C(NC[C@@]1(O)CCCNC1)c1sccc1Cl. The number of thiophene rings is 1. The lowest BCUT2D eigenvalue weighted by Crippen LogP contribution is -2.52. The minimum absolute atomic E-state index is 0.219. The zero-order valence-electron chi connectivity index (χ0n) is 9.33. The fourth-order valence-electron chi connectivity index (χ4n) is 1.88. The minimum atomic E-state index is -0.836. The van der Waals surface area contributed by atoms with Crippen molar-refractivity contribution in [2.45, 2.75) is 18.4 Å². The Morgan fingerprint density at radius 1 is 1.71 bits per heavy atom. The van der Waals surface area contributed by atoms with Gasteiger partial charge in [0.2, 0.25) is 0 Å². The summed E-state index contributed by atoms with van der Waals surface area (Å²) in [6.07, 6.45) is 1.63. The van der Waals surface area contributed by atoms with Crippen LogP contribution in [0.5, 0.6) is 0 Å². The first-order chi connectivity index (χ1) is 8.11. The molecule has 94 valence electrons. The van der Waals surface area contributed by atoms with Crippen LogP contribution in [0.15, 0.2) is 11.4 Å². The second-order valence-corrected chi connectivity index (χ2v) is 5.61. The standard InChI is InChI=1S/C11H15ClN2O2S/c12-8-2-5-17-9(8)10(15)14-7-11(16)3-1-4-13-6-11/h2,5,13,16H,1,3-4,6-7H2,(H,14,15)/t11-/m1/s1. The van der Waals surface area contributed by atoms with Crippen LogP contribution >= 0.6 is 22.9 Å². The third-order valence-corrected chi connectivity index (χ3v) is 4.19. The van der Waals surface area contributed by atoms with Gasteiger partial charge in [0.25, 0.3) is 5.91 Å². The number of carbonyl (C=O) groups is 1. The van der Waals surface area contributed by atoms with Crippen molar-refractivity contribution in [2.24, 2.45) is 0 Å². The number of carbonyl (C=O) groups excluding carboxylic acids is 1. The molecule has 1 amide bonds. The zero-order valence-corrected chi connectivity index (χ0v) is 10.9. The van der Waals surface area contributed by atoms with Crippen LogP contribution in [-0.2, 0) is 0 Å². The van der Waals surface area contributed by atoms with Crippen LogP contribution in [0.1, 0.15) is 22.5 Å². The zero-order chi connectivity index (χ0) is 12.3. The molecule has 2 rings (SSSR count). The van der Waals surface area contributed by atoms with Crippen LogP contribution in [-0.4, -0.2) is 36.2 Å². The summed E-state index contributed by atoms with van der Waals surface area (Å²) in [6.45, 7) is 1.70. The second kappa shape index (κ2) is 5.35. The van der Waals surface area contributed by atoms with Crippen LogP contribution in [0, 0.1) is 0 Å². The fraction of sp³-hybridized carbons (Fsp3) is 0.545. The number of β-amino-alcohol motifs (C(OH)–C–C–N with tert-alkyl or cyclic N) is 1. The molecular weight excluding hydrogens is 260 g/mol. The predicted octanol–water partition coefficient (Wildman–Crippen LogP) is 1.25. The molecule has 0 spiro atoms. The van der Waals surface area contributed by atoms with Gasteiger partial charge in [0.15, 0.2) is 0 Å².